The van der Waals surface area contributed by atoms with Crippen LogP contribution < -0.4 is 0 Å². The molecule has 0 saturated carbocycles. The first-order chi connectivity index (χ1) is 10.3. The van der Waals surface area contributed by atoms with Crippen molar-refractivity contribution in [2.75, 3.05) is 6.61 Å². The van der Waals surface area contributed by atoms with E-state index in [4.69, 9.17) is 9.73 Å². The molecule has 0 aliphatic carbocycles. The maximum absolute atomic E-state index is 5.92. The summed E-state index contributed by atoms with van der Waals surface area (Å²) >= 11 is 0. The number of nitrogens with zero attached hydrogens (tertiary/aromatic N) is 2. The van der Waals surface area contributed by atoms with Gasteiger partial charge in [-0.1, -0.05) is 38.1 Å². The van der Waals surface area contributed by atoms with E-state index in [1.54, 1.807) is 0 Å². The minimum Gasteiger partial charge on any atom is -0.374 e. The molecule has 0 fully saturated rings. The molecule has 0 aromatic heterocycles. The summed E-state index contributed by atoms with van der Waals surface area (Å²) in [6, 6.07) is 9.26. The molecular weight excluding hydrogens is 272 g/mol. The van der Waals surface area contributed by atoms with E-state index in [-0.39, 0.29) is 11.6 Å². The number of hydrogen-bond acceptors (Lipinski definition) is 2. The zero-order chi connectivity index (χ0) is 16.3. The number of benzene rings is 1. The Morgan fingerprint density at radius 3 is 2.59 bits per heavy atom. The molecule has 1 aromatic rings. The number of hydrogen-bond donors (Lipinski definition) is 0. The van der Waals surface area contributed by atoms with Gasteiger partial charge in [0.1, 0.15) is 0 Å². The van der Waals surface area contributed by atoms with Crippen molar-refractivity contribution < 1.29 is 4.74 Å². The van der Waals surface area contributed by atoms with E-state index >= 15 is 0 Å². The molecule has 2 atom stereocenters. The first kappa shape index (κ1) is 17.0. The van der Waals surface area contributed by atoms with Crippen molar-refractivity contribution in [2.24, 2.45) is 10.9 Å². The van der Waals surface area contributed by atoms with Crippen molar-refractivity contribution >= 4 is 6.34 Å². The second-order valence-electron chi connectivity index (χ2n) is 7.55. The molecule has 1 aliphatic rings. The lowest BCUT2D eigenvalue weighted by atomic mass is 10.1. The third-order valence-electron chi connectivity index (χ3n) is 4.22. The van der Waals surface area contributed by atoms with Crippen LogP contribution in [0.25, 0.3) is 0 Å². The molecule has 1 heterocycles. The molecule has 3 nitrogen and oxygen atoms in total. The molecule has 0 bridgehead atoms. The Morgan fingerprint density at radius 2 is 2.00 bits per heavy atom. The smallest absolute Gasteiger partial charge is 0.0862 e. The molecule has 2 rings (SSSR count). The van der Waals surface area contributed by atoms with Crippen LogP contribution in [0.2, 0.25) is 0 Å². The van der Waals surface area contributed by atoms with Gasteiger partial charge in [-0.2, -0.15) is 0 Å². The zero-order valence-electron chi connectivity index (χ0n) is 14.8. The van der Waals surface area contributed by atoms with E-state index in [1.807, 2.05) is 6.34 Å². The van der Waals surface area contributed by atoms with Gasteiger partial charge in [0.25, 0.3) is 0 Å². The van der Waals surface area contributed by atoms with E-state index < -0.39 is 0 Å². The highest BCUT2D eigenvalue weighted by molar-refractivity contribution is 5.59. The minimum absolute atomic E-state index is 0.111. The van der Waals surface area contributed by atoms with Gasteiger partial charge in [0.2, 0.25) is 0 Å². The van der Waals surface area contributed by atoms with Crippen molar-refractivity contribution in [3.63, 3.8) is 0 Å². The van der Waals surface area contributed by atoms with E-state index in [0.29, 0.717) is 18.6 Å². The summed E-state index contributed by atoms with van der Waals surface area (Å²) in [7, 11) is 0. The van der Waals surface area contributed by atoms with Gasteiger partial charge < -0.3 is 9.64 Å². The Balaban J connectivity index is 2.00. The van der Waals surface area contributed by atoms with Gasteiger partial charge in [-0.3, -0.25) is 4.99 Å². The average molecular weight is 302 g/mol. The lowest BCUT2D eigenvalue weighted by Gasteiger charge is -2.25. The molecule has 0 radical (unpaired) electrons. The molecule has 1 unspecified atom stereocenters. The topological polar surface area (TPSA) is 24.8 Å². The predicted octanol–water partition coefficient (Wildman–Crippen LogP) is 4.43. The van der Waals surface area contributed by atoms with Gasteiger partial charge in [0, 0.05) is 6.54 Å². The molecule has 0 spiro atoms. The van der Waals surface area contributed by atoms with Crippen molar-refractivity contribution in [3.05, 3.63) is 35.4 Å². The summed E-state index contributed by atoms with van der Waals surface area (Å²) in [6.45, 7) is 14.5. The average Bonchev–Trinajstić information content (AvgIpc) is 2.74. The van der Waals surface area contributed by atoms with Crippen molar-refractivity contribution in [3.8, 4) is 0 Å². The van der Waals surface area contributed by atoms with Crippen LogP contribution >= 0.6 is 0 Å². The summed E-state index contributed by atoms with van der Waals surface area (Å²) in [5, 5.41) is 0. The quantitative estimate of drug-likeness (QED) is 0.593. The SMILES string of the molecule is CC(C)C(COC(C)(C)C)/N=C/N1Cc2ccccc2[C@H]1C. The fourth-order valence-corrected chi connectivity index (χ4v) is 2.65. The highest BCUT2D eigenvalue weighted by atomic mass is 16.5. The Morgan fingerprint density at radius 1 is 1.32 bits per heavy atom. The molecule has 1 aromatic carbocycles. The summed E-state index contributed by atoms with van der Waals surface area (Å²) < 4.78 is 5.92. The normalized spacial score (nSPS) is 20.0. The summed E-state index contributed by atoms with van der Waals surface area (Å²) in [5.41, 5.74) is 2.72. The maximum atomic E-state index is 5.92. The molecule has 0 amide bonds. The fraction of sp³-hybridized carbons (Fsp3) is 0.632. The Hall–Kier alpha value is -1.35. The highest BCUT2D eigenvalue weighted by Crippen LogP contribution is 2.31. The number of aliphatic imine (C=N–C) groups is 1. The van der Waals surface area contributed by atoms with Crippen molar-refractivity contribution in [2.45, 2.75) is 65.8 Å². The molecule has 3 heteroatoms. The van der Waals surface area contributed by atoms with Crippen LogP contribution in [0.5, 0.6) is 0 Å². The van der Waals surface area contributed by atoms with Gasteiger partial charge in [-0.05, 0) is 44.7 Å². The van der Waals surface area contributed by atoms with Crippen LogP contribution in [0.3, 0.4) is 0 Å². The van der Waals surface area contributed by atoms with Crippen LogP contribution in [0, 0.1) is 5.92 Å². The van der Waals surface area contributed by atoms with Gasteiger partial charge in [-0.15, -0.1) is 0 Å². The highest BCUT2D eigenvalue weighted by Gasteiger charge is 2.24. The van der Waals surface area contributed by atoms with Crippen LogP contribution in [0.4, 0.5) is 0 Å². The summed E-state index contributed by atoms with van der Waals surface area (Å²) in [6.07, 6.45) is 2.03. The van der Waals surface area contributed by atoms with Crippen molar-refractivity contribution in [1.82, 2.24) is 4.90 Å². The Bertz CT molecular complexity index is 516. The summed E-state index contributed by atoms with van der Waals surface area (Å²) in [5.74, 6) is 0.471. The van der Waals surface area contributed by atoms with Crippen LogP contribution in [-0.4, -0.2) is 29.5 Å². The number of rotatable bonds is 5. The van der Waals surface area contributed by atoms with E-state index in [0.717, 1.165) is 6.54 Å². The predicted molar refractivity (Wildman–Crippen MR) is 93.2 cm³/mol. The Kier molecular flexibility index (Phi) is 5.28. The van der Waals surface area contributed by atoms with Gasteiger partial charge in [0.15, 0.2) is 0 Å². The van der Waals surface area contributed by atoms with E-state index in [9.17, 15) is 0 Å². The number of ether oxygens (including phenoxy) is 1. The number of fused-ring (bicyclic) bond motifs is 1. The minimum atomic E-state index is -0.111. The van der Waals surface area contributed by atoms with Crippen LogP contribution in [0.1, 0.15) is 58.7 Å². The molecular formula is C19H30N2O. The Labute approximate surface area is 135 Å². The lowest BCUT2D eigenvalue weighted by molar-refractivity contribution is -0.0145. The summed E-state index contributed by atoms with van der Waals surface area (Å²) in [4.78, 5) is 7.13. The van der Waals surface area contributed by atoms with Crippen LogP contribution in [-0.2, 0) is 11.3 Å². The molecule has 0 saturated heterocycles. The molecule has 122 valence electrons. The maximum Gasteiger partial charge on any atom is 0.0862 e. The largest absolute Gasteiger partial charge is 0.374 e. The third kappa shape index (κ3) is 4.33. The van der Waals surface area contributed by atoms with Gasteiger partial charge >= 0.3 is 0 Å². The van der Waals surface area contributed by atoms with Crippen LogP contribution in [0.15, 0.2) is 29.3 Å². The standard InChI is InChI=1S/C19H30N2O/c1-14(2)18(12-22-19(4,5)6)20-13-21-11-16-9-7-8-10-17(16)15(21)3/h7-10,13-15,18H,11-12H2,1-6H3/b20-13+/t15-,18?/m1/s1. The first-order valence-electron chi connectivity index (χ1n) is 8.29. The van der Waals surface area contributed by atoms with Gasteiger partial charge in [0.05, 0.1) is 30.6 Å². The second kappa shape index (κ2) is 6.82. The van der Waals surface area contributed by atoms with Crippen molar-refractivity contribution in [1.29, 1.82) is 0 Å². The first-order valence-corrected chi connectivity index (χ1v) is 8.29. The zero-order valence-corrected chi connectivity index (χ0v) is 14.8. The molecule has 1 aliphatic heterocycles. The molecule has 0 N–H and O–H groups in total. The van der Waals surface area contributed by atoms with Gasteiger partial charge in [-0.25, -0.2) is 0 Å². The third-order valence-corrected chi connectivity index (χ3v) is 4.22. The fourth-order valence-electron chi connectivity index (χ4n) is 2.65. The lowest BCUT2D eigenvalue weighted by Crippen LogP contribution is -2.29. The molecule has 22 heavy (non-hydrogen) atoms. The second-order valence-corrected chi connectivity index (χ2v) is 7.55. The van der Waals surface area contributed by atoms with E-state index in [1.165, 1.54) is 11.1 Å². The monoisotopic (exact) mass is 302 g/mol. The van der Waals surface area contributed by atoms with E-state index in [2.05, 4.69) is 70.7 Å².